The normalized spacial score (nSPS) is 10.2. The Balaban J connectivity index is 1.86. The first kappa shape index (κ1) is 9.98. The van der Waals surface area contributed by atoms with Crippen molar-refractivity contribution in [1.29, 1.82) is 0 Å². The Kier molecular flexibility index (Phi) is 3.19. The number of nitrogens with one attached hydrogen (secondary N) is 1. The molecule has 15 heavy (non-hydrogen) atoms. The van der Waals surface area contributed by atoms with E-state index in [0.717, 1.165) is 13.1 Å². The van der Waals surface area contributed by atoms with E-state index in [1.54, 1.807) is 18.5 Å². The van der Waals surface area contributed by atoms with Crippen molar-refractivity contribution >= 4 is 17.4 Å². The lowest BCUT2D eigenvalue weighted by Gasteiger charge is -2.06. The van der Waals surface area contributed by atoms with E-state index in [0.29, 0.717) is 10.8 Å². The van der Waals surface area contributed by atoms with Crippen LogP contribution in [0.15, 0.2) is 36.8 Å². The van der Waals surface area contributed by atoms with Crippen LogP contribution in [0, 0.1) is 0 Å². The number of hydrogen-bond acceptors (Lipinski definition) is 3. The van der Waals surface area contributed by atoms with Crippen LogP contribution in [0.1, 0.15) is 0 Å². The molecule has 0 aliphatic carbocycles. The highest BCUT2D eigenvalue weighted by atomic mass is 35.5. The van der Waals surface area contributed by atoms with Crippen molar-refractivity contribution in [2.24, 2.45) is 0 Å². The molecule has 0 radical (unpaired) electrons. The lowest BCUT2D eigenvalue weighted by atomic mass is 10.4. The van der Waals surface area contributed by atoms with E-state index >= 15 is 0 Å². The van der Waals surface area contributed by atoms with Crippen molar-refractivity contribution in [3.8, 4) is 0 Å². The van der Waals surface area contributed by atoms with E-state index in [1.165, 1.54) is 0 Å². The van der Waals surface area contributed by atoms with Gasteiger partial charge in [-0.3, -0.25) is 4.68 Å². The zero-order valence-electron chi connectivity index (χ0n) is 8.10. The SMILES string of the molecule is Clc1cccnc1NCCn1cccn1. The molecule has 0 saturated carbocycles. The Morgan fingerprint density at radius 1 is 1.33 bits per heavy atom. The Labute approximate surface area is 92.9 Å². The summed E-state index contributed by atoms with van der Waals surface area (Å²) in [6.07, 6.45) is 5.39. The van der Waals surface area contributed by atoms with E-state index in [1.807, 2.05) is 23.0 Å². The molecule has 4 nitrogen and oxygen atoms in total. The molecule has 2 heterocycles. The second-order valence-corrected chi connectivity index (χ2v) is 3.44. The summed E-state index contributed by atoms with van der Waals surface area (Å²) in [5, 5.41) is 7.88. The summed E-state index contributed by atoms with van der Waals surface area (Å²) in [6, 6.07) is 5.51. The molecule has 0 atom stereocenters. The van der Waals surface area contributed by atoms with Crippen LogP contribution in [0.5, 0.6) is 0 Å². The van der Waals surface area contributed by atoms with Crippen molar-refractivity contribution in [1.82, 2.24) is 14.8 Å². The van der Waals surface area contributed by atoms with Crippen LogP contribution in [0.3, 0.4) is 0 Å². The molecule has 5 heteroatoms. The van der Waals surface area contributed by atoms with E-state index in [4.69, 9.17) is 11.6 Å². The van der Waals surface area contributed by atoms with Gasteiger partial charge in [0, 0.05) is 25.1 Å². The second-order valence-electron chi connectivity index (χ2n) is 3.03. The molecule has 0 fully saturated rings. The molecule has 1 N–H and O–H groups in total. The van der Waals surface area contributed by atoms with Gasteiger partial charge in [0.05, 0.1) is 11.6 Å². The predicted octanol–water partition coefficient (Wildman–Crippen LogP) is 2.04. The molecule has 0 unspecified atom stereocenters. The number of nitrogens with zero attached hydrogens (tertiary/aromatic N) is 3. The van der Waals surface area contributed by atoms with Gasteiger partial charge in [-0.15, -0.1) is 0 Å². The average molecular weight is 223 g/mol. The third kappa shape index (κ3) is 2.70. The highest BCUT2D eigenvalue weighted by molar-refractivity contribution is 6.32. The summed E-state index contributed by atoms with van der Waals surface area (Å²) in [6.45, 7) is 1.54. The predicted molar refractivity (Wildman–Crippen MR) is 60.0 cm³/mol. The van der Waals surface area contributed by atoms with Crippen LogP contribution in [0.4, 0.5) is 5.82 Å². The van der Waals surface area contributed by atoms with Gasteiger partial charge in [0.15, 0.2) is 0 Å². The first-order valence-electron chi connectivity index (χ1n) is 4.68. The van der Waals surface area contributed by atoms with E-state index in [9.17, 15) is 0 Å². The molecule has 78 valence electrons. The minimum absolute atomic E-state index is 0.637. The van der Waals surface area contributed by atoms with Gasteiger partial charge in [-0.05, 0) is 18.2 Å². The van der Waals surface area contributed by atoms with Crippen LogP contribution in [0.25, 0.3) is 0 Å². The smallest absolute Gasteiger partial charge is 0.144 e. The first-order valence-corrected chi connectivity index (χ1v) is 5.06. The minimum Gasteiger partial charge on any atom is -0.367 e. The van der Waals surface area contributed by atoms with Gasteiger partial charge >= 0.3 is 0 Å². The summed E-state index contributed by atoms with van der Waals surface area (Å²) in [5.74, 6) is 0.714. The fourth-order valence-corrected chi connectivity index (χ4v) is 1.43. The molecule has 2 aromatic heterocycles. The largest absolute Gasteiger partial charge is 0.367 e. The molecule has 0 aromatic carbocycles. The lowest BCUT2D eigenvalue weighted by Crippen LogP contribution is -2.11. The maximum absolute atomic E-state index is 5.94. The molecule has 2 rings (SSSR count). The molecular formula is C10H11ClN4. The van der Waals surface area contributed by atoms with Crippen LogP contribution in [0.2, 0.25) is 5.02 Å². The minimum atomic E-state index is 0.637. The molecule has 0 aliphatic rings. The monoisotopic (exact) mass is 222 g/mol. The van der Waals surface area contributed by atoms with Crippen LogP contribution in [-0.2, 0) is 6.54 Å². The van der Waals surface area contributed by atoms with Crippen molar-refractivity contribution in [2.75, 3.05) is 11.9 Å². The van der Waals surface area contributed by atoms with Crippen molar-refractivity contribution in [3.05, 3.63) is 41.8 Å². The van der Waals surface area contributed by atoms with Gasteiger partial charge in [0.25, 0.3) is 0 Å². The fourth-order valence-electron chi connectivity index (χ4n) is 1.24. The fraction of sp³-hybridized carbons (Fsp3) is 0.200. The van der Waals surface area contributed by atoms with Gasteiger partial charge in [0.2, 0.25) is 0 Å². The average Bonchev–Trinajstić information content (AvgIpc) is 2.74. The zero-order valence-corrected chi connectivity index (χ0v) is 8.85. The molecule has 2 aromatic rings. The number of hydrogen-bond donors (Lipinski definition) is 1. The third-order valence-corrected chi connectivity index (χ3v) is 2.26. The number of anilines is 1. The van der Waals surface area contributed by atoms with Crippen molar-refractivity contribution in [3.63, 3.8) is 0 Å². The summed E-state index contributed by atoms with van der Waals surface area (Å²) in [7, 11) is 0. The van der Waals surface area contributed by atoms with E-state index in [2.05, 4.69) is 15.4 Å². The zero-order chi connectivity index (χ0) is 10.5. The molecule has 0 bridgehead atoms. The Morgan fingerprint density at radius 2 is 2.27 bits per heavy atom. The Bertz CT molecular complexity index is 413. The van der Waals surface area contributed by atoms with Gasteiger partial charge in [-0.1, -0.05) is 11.6 Å². The number of aromatic nitrogens is 3. The number of halogens is 1. The second kappa shape index (κ2) is 4.79. The van der Waals surface area contributed by atoms with Gasteiger partial charge in [0.1, 0.15) is 5.82 Å². The first-order chi connectivity index (χ1) is 7.36. The third-order valence-electron chi connectivity index (χ3n) is 1.95. The van der Waals surface area contributed by atoms with Gasteiger partial charge < -0.3 is 5.32 Å². The molecule has 0 amide bonds. The standard InChI is InChI=1S/C10H11ClN4/c11-9-3-1-4-12-10(9)13-6-8-15-7-2-5-14-15/h1-5,7H,6,8H2,(H,12,13). The van der Waals surface area contributed by atoms with Crippen LogP contribution < -0.4 is 5.32 Å². The molecule has 0 spiro atoms. The number of pyridine rings is 1. The van der Waals surface area contributed by atoms with Crippen LogP contribution in [-0.4, -0.2) is 21.3 Å². The summed E-state index contributed by atoms with van der Waals surface area (Å²) < 4.78 is 1.85. The maximum atomic E-state index is 5.94. The maximum Gasteiger partial charge on any atom is 0.144 e. The topological polar surface area (TPSA) is 42.7 Å². The summed E-state index contributed by atoms with van der Waals surface area (Å²) in [5.41, 5.74) is 0. The summed E-state index contributed by atoms with van der Waals surface area (Å²) >= 11 is 5.94. The van der Waals surface area contributed by atoms with Crippen LogP contribution >= 0.6 is 11.6 Å². The highest BCUT2D eigenvalue weighted by Crippen LogP contribution is 2.16. The van der Waals surface area contributed by atoms with Crippen molar-refractivity contribution < 1.29 is 0 Å². The highest BCUT2D eigenvalue weighted by Gasteiger charge is 1.98. The Morgan fingerprint density at radius 3 is 3.00 bits per heavy atom. The van der Waals surface area contributed by atoms with Gasteiger partial charge in [-0.2, -0.15) is 5.10 Å². The molecule has 0 aliphatic heterocycles. The van der Waals surface area contributed by atoms with E-state index < -0.39 is 0 Å². The Hall–Kier alpha value is -1.55. The number of rotatable bonds is 4. The summed E-state index contributed by atoms with van der Waals surface area (Å²) in [4.78, 5) is 4.12. The lowest BCUT2D eigenvalue weighted by molar-refractivity contribution is 0.637. The van der Waals surface area contributed by atoms with E-state index in [-0.39, 0.29) is 0 Å². The molecular weight excluding hydrogens is 212 g/mol. The quantitative estimate of drug-likeness (QED) is 0.861. The van der Waals surface area contributed by atoms with Gasteiger partial charge in [-0.25, -0.2) is 4.98 Å². The van der Waals surface area contributed by atoms with Crippen molar-refractivity contribution in [2.45, 2.75) is 6.54 Å². The molecule has 0 saturated heterocycles.